The molecule has 19 heavy (non-hydrogen) atoms. The molecule has 0 aliphatic carbocycles. The number of benzene rings is 2. The van der Waals surface area contributed by atoms with E-state index in [9.17, 15) is 4.79 Å². The second kappa shape index (κ2) is 5.89. The fourth-order valence-electron chi connectivity index (χ4n) is 1.92. The van der Waals surface area contributed by atoms with E-state index < -0.39 is 5.91 Å². The Hall–Kier alpha value is -1.81. The zero-order chi connectivity index (χ0) is 13.8. The lowest BCUT2D eigenvalue weighted by atomic mass is 10.0. The molecule has 0 heterocycles. The minimum Gasteiger partial charge on any atom is -0.492 e. The summed E-state index contributed by atoms with van der Waals surface area (Å²) in [4.78, 5) is 11.5. The molecule has 0 aliphatic heterocycles. The number of nitrogens with two attached hydrogens (primary N) is 1. The van der Waals surface area contributed by atoms with Gasteiger partial charge in [-0.3, -0.25) is 4.79 Å². The van der Waals surface area contributed by atoms with E-state index in [2.05, 4.69) is 15.9 Å². The molecule has 0 saturated carbocycles. The summed E-state index contributed by atoms with van der Waals surface area (Å²) in [6.45, 7) is 2.34. The Morgan fingerprint density at radius 2 is 1.89 bits per heavy atom. The molecule has 4 heteroatoms. The number of hydrogen-bond donors (Lipinski definition) is 1. The van der Waals surface area contributed by atoms with Gasteiger partial charge in [0.1, 0.15) is 5.75 Å². The fourth-order valence-corrected chi connectivity index (χ4v) is 2.46. The van der Waals surface area contributed by atoms with Crippen molar-refractivity contribution in [1.29, 1.82) is 0 Å². The molecule has 98 valence electrons. The van der Waals surface area contributed by atoms with Crippen molar-refractivity contribution in [1.82, 2.24) is 0 Å². The third-order valence-corrected chi connectivity index (χ3v) is 3.38. The van der Waals surface area contributed by atoms with Crippen molar-refractivity contribution in [3.05, 3.63) is 52.5 Å². The van der Waals surface area contributed by atoms with E-state index in [0.29, 0.717) is 17.9 Å². The van der Waals surface area contributed by atoms with Gasteiger partial charge in [-0.05, 0) is 24.6 Å². The van der Waals surface area contributed by atoms with Crippen LogP contribution in [-0.4, -0.2) is 12.5 Å². The number of hydrogen-bond acceptors (Lipinski definition) is 2. The minimum absolute atomic E-state index is 0.393. The Morgan fingerprint density at radius 1 is 1.21 bits per heavy atom. The van der Waals surface area contributed by atoms with Crippen LogP contribution < -0.4 is 10.5 Å². The third-order valence-electron chi connectivity index (χ3n) is 2.72. The summed E-state index contributed by atoms with van der Waals surface area (Å²) in [6.07, 6.45) is 0. The summed E-state index contributed by atoms with van der Waals surface area (Å²) in [5.74, 6) is 0.0312. The monoisotopic (exact) mass is 319 g/mol. The highest BCUT2D eigenvalue weighted by Crippen LogP contribution is 2.39. The lowest BCUT2D eigenvalue weighted by Gasteiger charge is -2.15. The first-order valence-corrected chi connectivity index (χ1v) is 6.75. The summed E-state index contributed by atoms with van der Waals surface area (Å²) >= 11 is 3.51. The van der Waals surface area contributed by atoms with E-state index in [-0.39, 0.29) is 0 Å². The van der Waals surface area contributed by atoms with Crippen LogP contribution in [-0.2, 0) is 0 Å². The number of ether oxygens (including phenoxy) is 1. The van der Waals surface area contributed by atoms with Crippen LogP contribution in [0.4, 0.5) is 0 Å². The van der Waals surface area contributed by atoms with Gasteiger partial charge < -0.3 is 10.5 Å². The molecule has 0 radical (unpaired) electrons. The van der Waals surface area contributed by atoms with E-state index in [1.807, 2.05) is 43.3 Å². The average molecular weight is 320 g/mol. The largest absolute Gasteiger partial charge is 0.492 e. The standard InChI is InChI=1S/C15H14BrNO2/c1-2-19-14-11(15(17)18)8-9-12(16)13(14)10-6-4-3-5-7-10/h3-9H,2H2,1H3,(H2,17,18). The first-order valence-electron chi connectivity index (χ1n) is 5.95. The zero-order valence-corrected chi connectivity index (χ0v) is 12.1. The summed E-state index contributed by atoms with van der Waals surface area (Å²) in [5, 5.41) is 0. The van der Waals surface area contributed by atoms with Gasteiger partial charge in [-0.2, -0.15) is 0 Å². The second-order valence-corrected chi connectivity index (χ2v) is 4.82. The maximum absolute atomic E-state index is 11.5. The molecule has 2 rings (SSSR count). The Balaban J connectivity index is 2.70. The molecule has 0 fully saturated rings. The lowest BCUT2D eigenvalue weighted by Crippen LogP contribution is -2.13. The van der Waals surface area contributed by atoms with Crippen molar-refractivity contribution in [2.24, 2.45) is 5.73 Å². The van der Waals surface area contributed by atoms with Crippen molar-refractivity contribution >= 4 is 21.8 Å². The van der Waals surface area contributed by atoms with Gasteiger partial charge in [0.15, 0.2) is 0 Å². The van der Waals surface area contributed by atoms with E-state index in [0.717, 1.165) is 15.6 Å². The average Bonchev–Trinajstić information content (AvgIpc) is 2.40. The number of carbonyl (C=O) groups excluding carboxylic acids is 1. The SMILES string of the molecule is CCOc1c(C(N)=O)ccc(Br)c1-c1ccccc1. The highest BCUT2D eigenvalue weighted by molar-refractivity contribution is 9.10. The Bertz CT molecular complexity index is 597. The van der Waals surface area contributed by atoms with Crippen LogP contribution in [0.5, 0.6) is 5.75 Å². The molecular weight excluding hydrogens is 306 g/mol. The number of rotatable bonds is 4. The first kappa shape index (κ1) is 13.6. The Morgan fingerprint density at radius 3 is 2.47 bits per heavy atom. The van der Waals surface area contributed by atoms with Crippen LogP contribution in [0.1, 0.15) is 17.3 Å². The normalized spacial score (nSPS) is 10.2. The molecule has 0 spiro atoms. The second-order valence-electron chi connectivity index (χ2n) is 3.96. The smallest absolute Gasteiger partial charge is 0.252 e. The van der Waals surface area contributed by atoms with Gasteiger partial charge in [0.25, 0.3) is 5.91 Å². The summed E-state index contributed by atoms with van der Waals surface area (Å²) in [7, 11) is 0. The van der Waals surface area contributed by atoms with Gasteiger partial charge in [0.05, 0.1) is 12.2 Å². The van der Waals surface area contributed by atoms with Crippen LogP contribution in [0.15, 0.2) is 46.9 Å². The number of amides is 1. The molecule has 2 aromatic rings. The van der Waals surface area contributed by atoms with Gasteiger partial charge in [0.2, 0.25) is 0 Å². The summed E-state index contributed by atoms with van der Waals surface area (Å²) < 4.78 is 6.50. The molecule has 3 nitrogen and oxygen atoms in total. The van der Waals surface area contributed by atoms with Crippen LogP contribution in [0.2, 0.25) is 0 Å². The molecule has 0 aliphatic rings. The Labute approximate surface area is 120 Å². The van der Waals surface area contributed by atoms with Gasteiger partial charge in [-0.1, -0.05) is 46.3 Å². The van der Waals surface area contributed by atoms with Gasteiger partial charge in [0, 0.05) is 10.0 Å². The van der Waals surface area contributed by atoms with Crippen molar-refractivity contribution in [2.45, 2.75) is 6.92 Å². The highest BCUT2D eigenvalue weighted by Gasteiger charge is 2.18. The quantitative estimate of drug-likeness (QED) is 0.935. The predicted molar refractivity (Wildman–Crippen MR) is 79.3 cm³/mol. The van der Waals surface area contributed by atoms with E-state index in [1.54, 1.807) is 6.07 Å². The van der Waals surface area contributed by atoms with Crippen LogP contribution in [0.25, 0.3) is 11.1 Å². The lowest BCUT2D eigenvalue weighted by molar-refractivity contribution is 0.0996. The molecule has 0 unspecified atom stereocenters. The third kappa shape index (κ3) is 2.79. The van der Waals surface area contributed by atoms with Gasteiger partial charge in [-0.15, -0.1) is 0 Å². The minimum atomic E-state index is -0.492. The van der Waals surface area contributed by atoms with E-state index in [4.69, 9.17) is 10.5 Å². The zero-order valence-electron chi connectivity index (χ0n) is 10.5. The molecule has 2 N–H and O–H groups in total. The van der Waals surface area contributed by atoms with E-state index in [1.165, 1.54) is 0 Å². The molecule has 0 aromatic heterocycles. The molecular formula is C15H14BrNO2. The van der Waals surface area contributed by atoms with Gasteiger partial charge >= 0.3 is 0 Å². The molecule has 0 atom stereocenters. The summed E-state index contributed by atoms with van der Waals surface area (Å²) in [5.41, 5.74) is 7.62. The van der Waals surface area contributed by atoms with Crippen molar-refractivity contribution < 1.29 is 9.53 Å². The van der Waals surface area contributed by atoms with Crippen molar-refractivity contribution in [3.63, 3.8) is 0 Å². The number of carbonyl (C=O) groups is 1. The van der Waals surface area contributed by atoms with Crippen LogP contribution in [0.3, 0.4) is 0 Å². The van der Waals surface area contributed by atoms with E-state index >= 15 is 0 Å². The molecule has 0 saturated heterocycles. The van der Waals surface area contributed by atoms with Crippen molar-refractivity contribution in [3.8, 4) is 16.9 Å². The Kier molecular flexibility index (Phi) is 4.22. The van der Waals surface area contributed by atoms with Gasteiger partial charge in [-0.25, -0.2) is 0 Å². The predicted octanol–water partition coefficient (Wildman–Crippen LogP) is 3.61. The maximum Gasteiger partial charge on any atom is 0.252 e. The van der Waals surface area contributed by atoms with Crippen LogP contribution in [0, 0.1) is 0 Å². The topological polar surface area (TPSA) is 52.3 Å². The number of halogens is 1. The van der Waals surface area contributed by atoms with Crippen LogP contribution >= 0.6 is 15.9 Å². The molecule has 2 aromatic carbocycles. The maximum atomic E-state index is 11.5. The summed E-state index contributed by atoms with van der Waals surface area (Å²) in [6, 6.07) is 13.2. The first-order chi connectivity index (χ1) is 9.15. The highest BCUT2D eigenvalue weighted by atomic mass is 79.9. The number of primary amides is 1. The molecule has 0 bridgehead atoms. The fraction of sp³-hybridized carbons (Fsp3) is 0.133. The molecule has 1 amide bonds. The van der Waals surface area contributed by atoms with Crippen molar-refractivity contribution in [2.75, 3.05) is 6.61 Å².